The fraction of sp³-hybridized carbons (Fsp3) is 0.300. The lowest BCUT2D eigenvalue weighted by molar-refractivity contribution is 0.938. The summed E-state index contributed by atoms with van der Waals surface area (Å²) >= 11 is 0. The van der Waals surface area contributed by atoms with Crippen LogP contribution in [0.25, 0.3) is 0 Å². The van der Waals surface area contributed by atoms with Crippen LogP contribution in [0, 0.1) is 6.92 Å². The summed E-state index contributed by atoms with van der Waals surface area (Å²) in [7, 11) is 0. The second-order valence-corrected chi connectivity index (χ2v) is 3.27. The number of aromatic amines is 2. The van der Waals surface area contributed by atoms with Crippen LogP contribution in [0.3, 0.4) is 0 Å². The van der Waals surface area contributed by atoms with E-state index in [1.807, 2.05) is 13.1 Å². The Hall–Kier alpha value is -1.91. The van der Waals surface area contributed by atoms with Crippen LogP contribution in [0.4, 0.5) is 0 Å². The molecule has 2 heterocycles. The molecule has 0 aliphatic heterocycles. The summed E-state index contributed by atoms with van der Waals surface area (Å²) in [6.07, 6.45) is 7.83. The van der Waals surface area contributed by atoms with Gasteiger partial charge >= 0.3 is 0 Å². The van der Waals surface area contributed by atoms with Crippen LogP contribution in [-0.2, 0) is 6.42 Å². The van der Waals surface area contributed by atoms with Gasteiger partial charge in [0.05, 0.1) is 12.7 Å². The van der Waals surface area contributed by atoms with Gasteiger partial charge in [-0.05, 0) is 6.92 Å². The van der Waals surface area contributed by atoms with Crippen LogP contribution in [0.5, 0.6) is 0 Å². The third-order valence-electron chi connectivity index (χ3n) is 2.15. The summed E-state index contributed by atoms with van der Waals surface area (Å²) in [6, 6.07) is 0. The van der Waals surface area contributed by atoms with Gasteiger partial charge in [-0.2, -0.15) is 0 Å². The molecule has 0 aromatic carbocycles. The van der Waals surface area contributed by atoms with Crippen LogP contribution < -0.4 is 0 Å². The Balaban J connectivity index is 1.84. The van der Waals surface area contributed by atoms with Crippen molar-refractivity contribution in [2.75, 3.05) is 6.54 Å². The maximum absolute atomic E-state index is 4.29. The maximum atomic E-state index is 4.29. The third-order valence-corrected chi connectivity index (χ3v) is 2.15. The second kappa shape index (κ2) is 4.54. The highest BCUT2D eigenvalue weighted by atomic mass is 14.9. The van der Waals surface area contributed by atoms with Crippen LogP contribution in [0.1, 0.15) is 17.1 Å². The highest BCUT2D eigenvalue weighted by molar-refractivity contribution is 5.78. The smallest absolute Gasteiger partial charge is 0.101 e. The molecular formula is C10H13N5. The number of aliphatic imine (C=N–C) groups is 1. The summed E-state index contributed by atoms with van der Waals surface area (Å²) in [5, 5.41) is 0. The SMILES string of the molecule is Cc1[nH]cnc1C=NCCc1cnc[nH]1. The summed E-state index contributed by atoms with van der Waals surface area (Å²) < 4.78 is 0. The molecule has 0 saturated heterocycles. The molecule has 0 fully saturated rings. The largest absolute Gasteiger partial charge is 0.348 e. The Kier molecular flexibility index (Phi) is 2.92. The first-order chi connectivity index (χ1) is 7.36. The molecule has 15 heavy (non-hydrogen) atoms. The predicted octanol–water partition coefficient (Wildman–Crippen LogP) is 1.10. The minimum atomic E-state index is 0.745. The van der Waals surface area contributed by atoms with E-state index in [9.17, 15) is 0 Å². The van der Waals surface area contributed by atoms with Gasteiger partial charge < -0.3 is 9.97 Å². The number of hydrogen-bond donors (Lipinski definition) is 2. The van der Waals surface area contributed by atoms with Crippen molar-refractivity contribution in [3.8, 4) is 0 Å². The van der Waals surface area contributed by atoms with Crippen molar-refractivity contribution in [2.24, 2.45) is 4.99 Å². The number of imidazole rings is 2. The van der Waals surface area contributed by atoms with Crippen LogP contribution in [0.15, 0.2) is 23.8 Å². The van der Waals surface area contributed by atoms with Crippen molar-refractivity contribution >= 4 is 6.21 Å². The van der Waals surface area contributed by atoms with E-state index in [1.165, 1.54) is 0 Å². The minimum absolute atomic E-state index is 0.745. The Bertz CT molecular complexity index is 426. The molecule has 0 aliphatic carbocycles. The molecule has 0 radical (unpaired) electrons. The van der Waals surface area contributed by atoms with Crippen molar-refractivity contribution in [3.63, 3.8) is 0 Å². The summed E-state index contributed by atoms with van der Waals surface area (Å²) in [6.45, 7) is 2.72. The van der Waals surface area contributed by atoms with E-state index >= 15 is 0 Å². The number of H-pyrrole nitrogens is 2. The number of rotatable bonds is 4. The number of nitrogens with zero attached hydrogens (tertiary/aromatic N) is 3. The highest BCUT2D eigenvalue weighted by Crippen LogP contribution is 1.97. The Morgan fingerprint density at radius 3 is 3.00 bits per heavy atom. The van der Waals surface area contributed by atoms with E-state index in [1.54, 1.807) is 18.9 Å². The topological polar surface area (TPSA) is 69.7 Å². The van der Waals surface area contributed by atoms with Crippen LogP contribution in [0.2, 0.25) is 0 Å². The Morgan fingerprint density at radius 1 is 1.40 bits per heavy atom. The quantitative estimate of drug-likeness (QED) is 0.730. The molecule has 0 atom stereocenters. The van der Waals surface area contributed by atoms with Gasteiger partial charge in [-0.15, -0.1) is 0 Å². The summed E-state index contributed by atoms with van der Waals surface area (Å²) in [4.78, 5) is 18.4. The monoisotopic (exact) mass is 203 g/mol. The highest BCUT2D eigenvalue weighted by Gasteiger charge is 1.95. The summed E-state index contributed by atoms with van der Waals surface area (Å²) in [5.41, 5.74) is 3.05. The van der Waals surface area contributed by atoms with Gasteiger partial charge in [0.25, 0.3) is 0 Å². The van der Waals surface area contributed by atoms with Gasteiger partial charge in [0.1, 0.15) is 5.69 Å². The van der Waals surface area contributed by atoms with Crippen molar-refractivity contribution in [1.82, 2.24) is 19.9 Å². The molecule has 2 aromatic rings. The van der Waals surface area contributed by atoms with Crippen molar-refractivity contribution in [2.45, 2.75) is 13.3 Å². The first kappa shape index (κ1) is 9.64. The molecule has 5 nitrogen and oxygen atoms in total. The molecule has 0 unspecified atom stereocenters. The van der Waals surface area contributed by atoms with Gasteiger partial charge in [-0.25, -0.2) is 9.97 Å². The number of aromatic nitrogens is 4. The van der Waals surface area contributed by atoms with E-state index < -0.39 is 0 Å². The van der Waals surface area contributed by atoms with Gasteiger partial charge in [0.15, 0.2) is 0 Å². The van der Waals surface area contributed by atoms with Gasteiger partial charge in [0.2, 0.25) is 0 Å². The lowest BCUT2D eigenvalue weighted by atomic mass is 10.3. The lowest BCUT2D eigenvalue weighted by Gasteiger charge is -1.91. The first-order valence-corrected chi connectivity index (χ1v) is 4.83. The van der Waals surface area contributed by atoms with E-state index in [-0.39, 0.29) is 0 Å². The predicted molar refractivity (Wildman–Crippen MR) is 58.1 cm³/mol. The number of hydrogen-bond acceptors (Lipinski definition) is 3. The third kappa shape index (κ3) is 2.52. The fourth-order valence-electron chi connectivity index (χ4n) is 1.26. The van der Waals surface area contributed by atoms with Crippen LogP contribution in [-0.4, -0.2) is 32.7 Å². The van der Waals surface area contributed by atoms with Crippen molar-refractivity contribution in [1.29, 1.82) is 0 Å². The van der Waals surface area contributed by atoms with Gasteiger partial charge in [-0.1, -0.05) is 0 Å². The molecule has 0 spiro atoms. The molecule has 2 aromatic heterocycles. The van der Waals surface area contributed by atoms with Crippen molar-refractivity contribution < 1.29 is 0 Å². The zero-order chi connectivity index (χ0) is 10.5. The fourth-order valence-corrected chi connectivity index (χ4v) is 1.26. The molecule has 0 amide bonds. The van der Waals surface area contributed by atoms with E-state index in [2.05, 4.69) is 24.9 Å². The zero-order valence-electron chi connectivity index (χ0n) is 8.57. The first-order valence-electron chi connectivity index (χ1n) is 4.83. The van der Waals surface area contributed by atoms with Crippen molar-refractivity contribution in [3.05, 3.63) is 35.9 Å². The van der Waals surface area contributed by atoms with Gasteiger partial charge in [-0.3, -0.25) is 4.99 Å². The van der Waals surface area contributed by atoms with E-state index in [4.69, 9.17) is 0 Å². The maximum Gasteiger partial charge on any atom is 0.101 e. The molecule has 0 aliphatic rings. The van der Waals surface area contributed by atoms with E-state index in [0.717, 1.165) is 30.0 Å². The average molecular weight is 203 g/mol. The Labute approximate surface area is 87.7 Å². The molecule has 2 rings (SSSR count). The molecule has 5 heteroatoms. The summed E-state index contributed by atoms with van der Waals surface area (Å²) in [5.74, 6) is 0. The molecule has 0 bridgehead atoms. The number of nitrogens with one attached hydrogen (secondary N) is 2. The molecule has 78 valence electrons. The average Bonchev–Trinajstić information content (AvgIpc) is 2.85. The molecular weight excluding hydrogens is 190 g/mol. The second-order valence-electron chi connectivity index (χ2n) is 3.27. The zero-order valence-corrected chi connectivity index (χ0v) is 8.57. The van der Waals surface area contributed by atoms with E-state index in [0.29, 0.717) is 0 Å². The molecule has 2 N–H and O–H groups in total. The normalized spacial score (nSPS) is 11.3. The molecule has 0 saturated carbocycles. The number of aryl methyl sites for hydroxylation is 1. The van der Waals surface area contributed by atoms with Gasteiger partial charge in [0, 0.05) is 36.8 Å². The lowest BCUT2D eigenvalue weighted by Crippen LogP contribution is -1.92. The standard InChI is InChI=1S/C10H13N5/c1-8-10(15-7-13-8)5-11-3-2-9-4-12-6-14-9/h4-7H,2-3H2,1H3,(H,12,14)(H,13,15). The Morgan fingerprint density at radius 2 is 2.33 bits per heavy atom. The van der Waals surface area contributed by atoms with Crippen LogP contribution >= 0.6 is 0 Å². The minimum Gasteiger partial charge on any atom is -0.348 e.